The lowest BCUT2D eigenvalue weighted by molar-refractivity contribution is -0.155. The van der Waals surface area contributed by atoms with E-state index in [4.69, 9.17) is 9.26 Å². The van der Waals surface area contributed by atoms with Crippen molar-refractivity contribution in [3.63, 3.8) is 0 Å². The molecule has 3 rings (SSSR count). The Bertz CT molecular complexity index is 690. The molecule has 0 aliphatic heterocycles. The van der Waals surface area contributed by atoms with Crippen LogP contribution < -0.4 is 0 Å². The van der Waals surface area contributed by atoms with Crippen LogP contribution in [0.4, 0.5) is 0 Å². The molecule has 170 valence electrons. The lowest BCUT2D eigenvalue weighted by Crippen LogP contribution is -2.25. The number of aliphatic hydroxyl groups is 1. The van der Waals surface area contributed by atoms with Gasteiger partial charge in [-0.1, -0.05) is 31.8 Å². The van der Waals surface area contributed by atoms with E-state index in [0.717, 1.165) is 23.3 Å². The summed E-state index contributed by atoms with van der Waals surface area (Å²) >= 11 is 0. The molecule has 5 nitrogen and oxygen atoms in total. The predicted molar refractivity (Wildman–Crippen MR) is 118 cm³/mol. The number of esters is 1. The number of rotatable bonds is 11. The van der Waals surface area contributed by atoms with E-state index < -0.39 is 5.60 Å². The van der Waals surface area contributed by atoms with Crippen LogP contribution in [0.1, 0.15) is 127 Å². The minimum Gasteiger partial charge on any atom is -0.460 e. The second-order valence-electron chi connectivity index (χ2n) is 10.6. The van der Waals surface area contributed by atoms with Crippen LogP contribution in [0.2, 0.25) is 0 Å². The maximum atomic E-state index is 12.5. The quantitative estimate of drug-likeness (QED) is 0.441. The first-order valence-electron chi connectivity index (χ1n) is 12.1. The first-order valence-corrected chi connectivity index (χ1v) is 12.1. The molecular formula is C25H41NO4. The third kappa shape index (κ3) is 5.87. The van der Waals surface area contributed by atoms with Crippen LogP contribution in [-0.4, -0.2) is 28.4 Å². The zero-order chi connectivity index (χ0) is 21.9. The van der Waals surface area contributed by atoms with Gasteiger partial charge in [-0.3, -0.25) is 4.79 Å². The maximum absolute atomic E-state index is 12.5. The Morgan fingerprint density at radius 2 is 1.87 bits per heavy atom. The van der Waals surface area contributed by atoms with Crippen LogP contribution in [0.15, 0.2) is 4.52 Å². The predicted octanol–water partition coefficient (Wildman–Crippen LogP) is 6.07. The van der Waals surface area contributed by atoms with E-state index in [2.05, 4.69) is 19.0 Å². The highest BCUT2D eigenvalue weighted by Crippen LogP contribution is 2.53. The Balaban J connectivity index is 1.71. The van der Waals surface area contributed by atoms with Crippen molar-refractivity contribution >= 4 is 5.97 Å². The van der Waals surface area contributed by atoms with Gasteiger partial charge in [-0.05, 0) is 77.0 Å². The summed E-state index contributed by atoms with van der Waals surface area (Å²) in [4.78, 5) is 12.5. The zero-order valence-corrected chi connectivity index (χ0v) is 19.6. The van der Waals surface area contributed by atoms with E-state index in [1.165, 1.54) is 50.5 Å². The average molecular weight is 420 g/mol. The van der Waals surface area contributed by atoms with Gasteiger partial charge in [0.2, 0.25) is 0 Å². The third-order valence-corrected chi connectivity index (χ3v) is 6.89. The normalized spacial score (nSPS) is 22.8. The van der Waals surface area contributed by atoms with Crippen molar-refractivity contribution in [1.82, 2.24) is 5.16 Å². The molecule has 1 N–H and O–H groups in total. The maximum Gasteiger partial charge on any atom is 0.306 e. The Kier molecular flexibility index (Phi) is 7.65. The molecule has 30 heavy (non-hydrogen) atoms. The van der Waals surface area contributed by atoms with Gasteiger partial charge in [0.1, 0.15) is 11.4 Å². The van der Waals surface area contributed by atoms with Gasteiger partial charge in [-0.2, -0.15) is 0 Å². The second kappa shape index (κ2) is 9.84. The molecule has 0 radical (unpaired) electrons. The number of carbonyl (C=O) groups excluding carboxylic acids is 1. The Morgan fingerprint density at radius 3 is 2.40 bits per heavy atom. The lowest BCUT2D eigenvalue weighted by atomic mass is 9.68. The summed E-state index contributed by atoms with van der Waals surface area (Å²) < 4.78 is 11.5. The van der Waals surface area contributed by atoms with Crippen LogP contribution in [0.3, 0.4) is 0 Å². The molecule has 1 aromatic heterocycles. The molecule has 1 unspecified atom stereocenters. The molecular weight excluding hydrogens is 378 g/mol. The van der Waals surface area contributed by atoms with Gasteiger partial charge in [0, 0.05) is 24.0 Å². The fraction of sp³-hybridized carbons (Fsp3) is 0.840. The van der Waals surface area contributed by atoms with Gasteiger partial charge in [0.15, 0.2) is 0 Å². The molecule has 2 aliphatic rings. The fourth-order valence-corrected chi connectivity index (χ4v) is 5.01. The SMILES string of the molecule is CCC(CC)CC1CC(c2onc(C(CCO)CC(=O)OC(C)(C)C)c2C2CC2)C1. The Hall–Kier alpha value is -1.36. The molecule has 1 aromatic rings. The number of carbonyl (C=O) groups is 1. The lowest BCUT2D eigenvalue weighted by Gasteiger charge is -2.36. The van der Waals surface area contributed by atoms with Crippen molar-refractivity contribution in [3.05, 3.63) is 17.0 Å². The molecule has 0 aromatic carbocycles. The molecule has 0 bridgehead atoms. The minimum atomic E-state index is -0.509. The van der Waals surface area contributed by atoms with Crippen molar-refractivity contribution in [3.8, 4) is 0 Å². The summed E-state index contributed by atoms with van der Waals surface area (Å²) in [6.07, 6.45) is 9.35. The first kappa shape index (κ1) is 23.3. The Labute approximate surface area is 181 Å². The molecule has 2 fully saturated rings. The van der Waals surface area contributed by atoms with Crippen LogP contribution in [0, 0.1) is 11.8 Å². The summed E-state index contributed by atoms with van der Waals surface area (Å²) in [6.45, 7) is 10.3. The second-order valence-corrected chi connectivity index (χ2v) is 10.6. The van der Waals surface area contributed by atoms with Gasteiger partial charge in [0.05, 0.1) is 12.1 Å². The smallest absolute Gasteiger partial charge is 0.306 e. The summed E-state index contributed by atoms with van der Waals surface area (Å²) in [6, 6.07) is 0. The van der Waals surface area contributed by atoms with E-state index in [0.29, 0.717) is 18.3 Å². The highest BCUT2D eigenvalue weighted by Gasteiger charge is 2.42. The molecule has 2 aliphatic carbocycles. The van der Waals surface area contributed by atoms with Crippen LogP contribution in [0.5, 0.6) is 0 Å². The number of nitrogens with zero attached hydrogens (tertiary/aromatic N) is 1. The monoisotopic (exact) mass is 419 g/mol. The number of aromatic nitrogens is 1. The van der Waals surface area contributed by atoms with Gasteiger partial charge in [-0.25, -0.2) is 0 Å². The summed E-state index contributed by atoms with van der Waals surface area (Å²) in [7, 11) is 0. The third-order valence-electron chi connectivity index (χ3n) is 6.89. The summed E-state index contributed by atoms with van der Waals surface area (Å²) in [5.74, 6) is 3.32. The van der Waals surface area contributed by atoms with Crippen LogP contribution in [-0.2, 0) is 9.53 Å². The van der Waals surface area contributed by atoms with Crippen LogP contribution in [0.25, 0.3) is 0 Å². The molecule has 2 saturated carbocycles. The Morgan fingerprint density at radius 1 is 1.20 bits per heavy atom. The molecule has 1 heterocycles. The van der Waals surface area contributed by atoms with E-state index in [-0.39, 0.29) is 24.9 Å². The standard InChI is InChI=1S/C25H41NO4/c1-6-16(7-2)12-17-13-20(14-17)24-22(18-8-9-18)23(26-30-24)19(10-11-27)15-21(28)29-25(3,4)5/h16-20,27H,6-15H2,1-5H3. The highest BCUT2D eigenvalue weighted by molar-refractivity contribution is 5.71. The number of hydrogen-bond acceptors (Lipinski definition) is 5. The fourth-order valence-electron chi connectivity index (χ4n) is 5.01. The summed E-state index contributed by atoms with van der Waals surface area (Å²) in [5, 5.41) is 14.1. The molecule has 5 heteroatoms. The van der Waals surface area contributed by atoms with E-state index in [1.807, 2.05) is 20.8 Å². The zero-order valence-electron chi connectivity index (χ0n) is 19.6. The summed E-state index contributed by atoms with van der Waals surface area (Å²) in [5.41, 5.74) is 1.64. The van der Waals surface area contributed by atoms with Gasteiger partial charge in [0.25, 0.3) is 0 Å². The number of aliphatic hydroxyl groups excluding tert-OH is 1. The van der Waals surface area contributed by atoms with E-state index >= 15 is 0 Å². The van der Waals surface area contributed by atoms with Gasteiger partial charge < -0.3 is 14.4 Å². The molecule has 1 atom stereocenters. The molecule has 0 spiro atoms. The molecule has 0 saturated heterocycles. The van der Waals surface area contributed by atoms with E-state index in [9.17, 15) is 9.90 Å². The van der Waals surface area contributed by atoms with Crippen molar-refractivity contribution in [2.45, 2.75) is 116 Å². The van der Waals surface area contributed by atoms with E-state index in [1.54, 1.807) is 0 Å². The minimum absolute atomic E-state index is 0.0285. The van der Waals surface area contributed by atoms with Crippen molar-refractivity contribution < 1.29 is 19.2 Å². The largest absolute Gasteiger partial charge is 0.460 e. The number of hydrogen-bond donors (Lipinski definition) is 1. The number of ether oxygens (including phenoxy) is 1. The van der Waals surface area contributed by atoms with Crippen molar-refractivity contribution in [1.29, 1.82) is 0 Å². The highest BCUT2D eigenvalue weighted by atomic mass is 16.6. The van der Waals surface area contributed by atoms with Crippen molar-refractivity contribution in [2.24, 2.45) is 11.8 Å². The first-order chi connectivity index (χ1) is 14.3. The van der Waals surface area contributed by atoms with Gasteiger partial charge >= 0.3 is 5.97 Å². The molecule has 0 amide bonds. The van der Waals surface area contributed by atoms with Gasteiger partial charge in [-0.15, -0.1) is 0 Å². The van der Waals surface area contributed by atoms with Crippen LogP contribution >= 0.6 is 0 Å². The topological polar surface area (TPSA) is 72.6 Å². The average Bonchev–Trinajstić information content (AvgIpc) is 3.38. The van der Waals surface area contributed by atoms with Crippen molar-refractivity contribution in [2.75, 3.05) is 6.61 Å².